The van der Waals surface area contributed by atoms with E-state index in [0.29, 0.717) is 18.2 Å². The van der Waals surface area contributed by atoms with Crippen LogP contribution in [-0.4, -0.2) is 37.8 Å². The van der Waals surface area contributed by atoms with E-state index < -0.39 is 35.9 Å². The average Bonchev–Trinajstić information content (AvgIpc) is 2.67. The van der Waals surface area contributed by atoms with E-state index in [4.69, 9.17) is 0 Å². The van der Waals surface area contributed by atoms with Crippen molar-refractivity contribution in [3.05, 3.63) is 48.1 Å². The van der Waals surface area contributed by atoms with Crippen molar-refractivity contribution in [2.45, 2.75) is 37.8 Å². The Kier molecular flexibility index (Phi) is 5.49. The molecule has 2 aromatic rings. The number of halogens is 3. The number of rotatable bonds is 4. The highest BCUT2D eigenvalue weighted by atomic mass is 19.4. The molecule has 3 rings (SSSR count). The molecule has 1 saturated heterocycles. The number of amides is 2. The van der Waals surface area contributed by atoms with Crippen LogP contribution in [0.15, 0.2) is 30.9 Å². The molecule has 0 aliphatic carbocycles. The van der Waals surface area contributed by atoms with E-state index in [1.54, 1.807) is 6.07 Å². The smallest absolute Gasteiger partial charge is 0.345 e. The quantitative estimate of drug-likeness (QED) is 0.694. The zero-order valence-corrected chi connectivity index (χ0v) is 14.6. The average molecular weight is 395 g/mol. The number of nitrogens with one attached hydrogen (secondary N) is 3. The van der Waals surface area contributed by atoms with E-state index in [1.165, 1.54) is 19.3 Å². The van der Waals surface area contributed by atoms with Gasteiger partial charge >= 0.3 is 6.18 Å². The lowest BCUT2D eigenvalue weighted by molar-refractivity contribution is -0.138. The second kappa shape index (κ2) is 7.84. The van der Waals surface area contributed by atoms with Gasteiger partial charge in [-0.3, -0.25) is 14.9 Å². The third-order valence-corrected chi connectivity index (χ3v) is 3.97. The normalized spacial score (nSPS) is 20.9. The molecule has 1 fully saturated rings. The lowest BCUT2D eigenvalue weighted by atomic mass is 10.1. The summed E-state index contributed by atoms with van der Waals surface area (Å²) < 4.78 is 37.7. The SMILES string of the molecule is CC(NC(=O)C1CC(=O)NC(c2ncccn2)N1)c1ncc(C(F)(F)F)cn1. The van der Waals surface area contributed by atoms with Crippen LogP contribution in [0.1, 0.15) is 42.8 Å². The summed E-state index contributed by atoms with van der Waals surface area (Å²) in [6.07, 6.45) is -1.08. The first-order valence-electron chi connectivity index (χ1n) is 8.26. The lowest BCUT2D eigenvalue weighted by Gasteiger charge is -2.30. The zero-order chi connectivity index (χ0) is 20.3. The molecule has 0 bridgehead atoms. The molecular weight excluding hydrogens is 379 g/mol. The van der Waals surface area contributed by atoms with Gasteiger partial charge in [0.25, 0.3) is 0 Å². The van der Waals surface area contributed by atoms with Crippen LogP contribution in [0.3, 0.4) is 0 Å². The van der Waals surface area contributed by atoms with Crippen LogP contribution in [0.5, 0.6) is 0 Å². The van der Waals surface area contributed by atoms with Crippen LogP contribution in [0.25, 0.3) is 0 Å². The van der Waals surface area contributed by atoms with Gasteiger partial charge < -0.3 is 10.6 Å². The molecule has 1 aliphatic heterocycles. The van der Waals surface area contributed by atoms with Crippen molar-refractivity contribution in [1.29, 1.82) is 0 Å². The number of nitrogens with zero attached hydrogens (tertiary/aromatic N) is 4. The Hall–Kier alpha value is -3.15. The molecule has 148 valence electrons. The Labute approximate surface area is 157 Å². The summed E-state index contributed by atoms with van der Waals surface area (Å²) in [5, 5.41) is 8.15. The zero-order valence-electron chi connectivity index (χ0n) is 14.6. The van der Waals surface area contributed by atoms with Gasteiger partial charge in [0.1, 0.15) is 12.0 Å². The van der Waals surface area contributed by atoms with Crippen LogP contribution in [-0.2, 0) is 15.8 Å². The van der Waals surface area contributed by atoms with Crippen molar-refractivity contribution >= 4 is 11.8 Å². The molecule has 0 radical (unpaired) electrons. The standard InChI is InChI=1S/C16H16F3N7O2/c1-8(12-22-6-9(7-23-12)16(17,18)19)24-15(28)10-5-11(27)26-14(25-10)13-20-3-2-4-21-13/h2-4,6-8,10,14,25H,5H2,1H3,(H,24,28)(H,26,27). The Morgan fingerprint density at radius 3 is 2.46 bits per heavy atom. The summed E-state index contributed by atoms with van der Waals surface area (Å²) in [5.41, 5.74) is -0.980. The van der Waals surface area contributed by atoms with Crippen molar-refractivity contribution < 1.29 is 22.8 Å². The maximum atomic E-state index is 12.6. The Morgan fingerprint density at radius 1 is 1.21 bits per heavy atom. The highest BCUT2D eigenvalue weighted by molar-refractivity contribution is 5.89. The van der Waals surface area contributed by atoms with E-state index in [9.17, 15) is 22.8 Å². The van der Waals surface area contributed by atoms with Crippen molar-refractivity contribution in [2.24, 2.45) is 0 Å². The minimum absolute atomic E-state index is 0.0181. The van der Waals surface area contributed by atoms with Gasteiger partial charge in [-0.05, 0) is 13.0 Å². The second-order valence-corrected chi connectivity index (χ2v) is 6.09. The monoisotopic (exact) mass is 395 g/mol. The fourth-order valence-electron chi connectivity index (χ4n) is 2.56. The summed E-state index contributed by atoms with van der Waals surface area (Å²) in [6.45, 7) is 1.53. The Balaban J connectivity index is 1.65. The maximum Gasteiger partial charge on any atom is 0.419 e. The van der Waals surface area contributed by atoms with Crippen LogP contribution < -0.4 is 16.0 Å². The third-order valence-electron chi connectivity index (χ3n) is 3.97. The molecule has 2 amide bonds. The van der Waals surface area contributed by atoms with Crippen LogP contribution in [0.2, 0.25) is 0 Å². The molecule has 3 heterocycles. The first kappa shape index (κ1) is 19.6. The number of hydrogen-bond acceptors (Lipinski definition) is 7. The van der Waals surface area contributed by atoms with E-state index in [-0.39, 0.29) is 18.2 Å². The minimum atomic E-state index is -4.54. The van der Waals surface area contributed by atoms with Crippen molar-refractivity contribution in [1.82, 2.24) is 35.9 Å². The van der Waals surface area contributed by atoms with Crippen LogP contribution in [0.4, 0.5) is 13.2 Å². The summed E-state index contributed by atoms with van der Waals surface area (Å²) in [7, 11) is 0. The molecule has 3 atom stereocenters. The molecule has 1 aliphatic rings. The Bertz CT molecular complexity index is 846. The molecule has 2 aromatic heterocycles. The fourth-order valence-corrected chi connectivity index (χ4v) is 2.56. The summed E-state index contributed by atoms with van der Waals surface area (Å²) in [4.78, 5) is 39.8. The summed E-state index contributed by atoms with van der Waals surface area (Å²) >= 11 is 0. The van der Waals surface area contributed by atoms with E-state index in [0.717, 1.165) is 0 Å². The molecule has 3 N–H and O–H groups in total. The predicted molar refractivity (Wildman–Crippen MR) is 88.0 cm³/mol. The molecule has 28 heavy (non-hydrogen) atoms. The minimum Gasteiger partial charge on any atom is -0.345 e. The van der Waals surface area contributed by atoms with Gasteiger partial charge in [-0.25, -0.2) is 19.9 Å². The number of aromatic nitrogens is 4. The van der Waals surface area contributed by atoms with Gasteiger partial charge in [-0.2, -0.15) is 13.2 Å². The third kappa shape index (κ3) is 4.57. The largest absolute Gasteiger partial charge is 0.419 e. The summed E-state index contributed by atoms with van der Waals surface area (Å²) in [5.74, 6) is -0.571. The van der Waals surface area contributed by atoms with E-state index in [1.807, 2.05) is 0 Å². The van der Waals surface area contributed by atoms with Gasteiger partial charge in [0.05, 0.1) is 24.1 Å². The van der Waals surface area contributed by atoms with Crippen LogP contribution in [0, 0.1) is 0 Å². The van der Waals surface area contributed by atoms with Crippen molar-refractivity contribution in [2.75, 3.05) is 0 Å². The van der Waals surface area contributed by atoms with Gasteiger partial charge in [-0.1, -0.05) is 0 Å². The molecule has 0 spiro atoms. The van der Waals surface area contributed by atoms with Gasteiger partial charge in [-0.15, -0.1) is 0 Å². The number of carbonyl (C=O) groups excluding carboxylic acids is 2. The molecule has 3 unspecified atom stereocenters. The topological polar surface area (TPSA) is 122 Å². The number of hydrogen-bond donors (Lipinski definition) is 3. The molecule has 0 aromatic carbocycles. The maximum absolute atomic E-state index is 12.6. The van der Waals surface area contributed by atoms with E-state index in [2.05, 4.69) is 35.9 Å². The molecular formula is C16H16F3N7O2. The second-order valence-electron chi connectivity index (χ2n) is 6.09. The van der Waals surface area contributed by atoms with E-state index >= 15 is 0 Å². The molecule has 9 nitrogen and oxygen atoms in total. The van der Waals surface area contributed by atoms with Gasteiger partial charge in [0.2, 0.25) is 11.8 Å². The summed E-state index contributed by atoms with van der Waals surface area (Å²) in [6, 6.07) is -0.0168. The van der Waals surface area contributed by atoms with Crippen molar-refractivity contribution in [3.8, 4) is 0 Å². The number of alkyl halides is 3. The highest BCUT2D eigenvalue weighted by Gasteiger charge is 2.34. The predicted octanol–water partition coefficient (Wildman–Crippen LogP) is 0.639. The molecule has 0 saturated carbocycles. The fraction of sp³-hybridized carbons (Fsp3) is 0.375. The number of carbonyl (C=O) groups is 2. The van der Waals surface area contributed by atoms with Crippen LogP contribution >= 0.6 is 0 Å². The molecule has 12 heteroatoms. The van der Waals surface area contributed by atoms with Crippen molar-refractivity contribution in [3.63, 3.8) is 0 Å². The highest BCUT2D eigenvalue weighted by Crippen LogP contribution is 2.28. The Morgan fingerprint density at radius 2 is 1.86 bits per heavy atom. The first-order chi connectivity index (χ1) is 13.2. The lowest BCUT2D eigenvalue weighted by Crippen LogP contribution is -2.57. The van der Waals surface area contributed by atoms with Gasteiger partial charge in [0, 0.05) is 24.8 Å². The first-order valence-corrected chi connectivity index (χ1v) is 8.26. The van der Waals surface area contributed by atoms with Gasteiger partial charge in [0.15, 0.2) is 5.82 Å².